The number of aliphatic hydroxyl groups is 1. The summed E-state index contributed by atoms with van der Waals surface area (Å²) in [5.41, 5.74) is 2.05. The van der Waals surface area contributed by atoms with Gasteiger partial charge in [0.2, 0.25) is 5.91 Å². The number of hydrogen-bond donors (Lipinski definition) is 2. The number of hydrogen-bond acceptors (Lipinski definition) is 5. The first-order valence-electron chi connectivity index (χ1n) is 6.55. The minimum atomic E-state index is -0.428. The molecule has 0 aromatic heterocycles. The third kappa shape index (κ3) is 2.09. The van der Waals surface area contributed by atoms with E-state index in [4.69, 9.17) is 5.11 Å². The van der Waals surface area contributed by atoms with Gasteiger partial charge in [-0.25, -0.2) is 0 Å². The molecule has 1 aromatic rings. The summed E-state index contributed by atoms with van der Waals surface area (Å²) in [5.74, 6) is 0.0779. The molecule has 1 saturated heterocycles. The van der Waals surface area contributed by atoms with Crippen molar-refractivity contribution >= 4 is 23.0 Å². The lowest BCUT2D eigenvalue weighted by molar-refractivity contribution is -0.384. The fourth-order valence-corrected chi connectivity index (χ4v) is 2.69. The fraction of sp³-hybridized carbons (Fsp3) is 0.462. The molecule has 0 saturated carbocycles. The van der Waals surface area contributed by atoms with Crippen LogP contribution in [-0.2, 0) is 11.2 Å². The van der Waals surface area contributed by atoms with Gasteiger partial charge < -0.3 is 15.3 Å². The van der Waals surface area contributed by atoms with Crippen LogP contribution in [0, 0.1) is 16.0 Å². The van der Waals surface area contributed by atoms with Crippen LogP contribution in [0.3, 0.4) is 0 Å². The SMILES string of the molecule is O=C1CCc2cc(N3CC(CO)C3)c([N+](=O)[O-])cc2N1. The first-order chi connectivity index (χ1) is 9.58. The van der Waals surface area contributed by atoms with Crippen LogP contribution >= 0.6 is 0 Å². The second kappa shape index (κ2) is 4.75. The van der Waals surface area contributed by atoms with Crippen LogP contribution in [0.2, 0.25) is 0 Å². The summed E-state index contributed by atoms with van der Waals surface area (Å²) < 4.78 is 0. The first kappa shape index (κ1) is 12.9. The van der Waals surface area contributed by atoms with E-state index in [1.54, 1.807) is 6.07 Å². The Kier molecular flexibility index (Phi) is 3.06. The van der Waals surface area contributed by atoms with E-state index in [-0.39, 0.29) is 24.1 Å². The van der Waals surface area contributed by atoms with E-state index >= 15 is 0 Å². The average Bonchev–Trinajstić information content (AvgIpc) is 2.36. The standard InChI is InChI=1S/C13H15N3O4/c17-7-8-5-15(6-8)11-3-9-1-2-13(18)14-10(9)4-12(11)16(19)20/h3-4,8,17H,1-2,5-7H2,(H,14,18). The highest BCUT2D eigenvalue weighted by Gasteiger charge is 2.32. The van der Waals surface area contributed by atoms with E-state index < -0.39 is 4.92 Å². The number of benzene rings is 1. The molecule has 0 bridgehead atoms. The van der Waals surface area contributed by atoms with Crippen LogP contribution in [-0.4, -0.2) is 35.6 Å². The number of aryl methyl sites for hydroxylation is 1. The topological polar surface area (TPSA) is 95.7 Å². The molecule has 1 fully saturated rings. The predicted molar refractivity (Wildman–Crippen MR) is 72.8 cm³/mol. The van der Waals surface area contributed by atoms with Crippen molar-refractivity contribution in [2.45, 2.75) is 12.8 Å². The van der Waals surface area contributed by atoms with Gasteiger partial charge in [-0.1, -0.05) is 0 Å². The lowest BCUT2D eigenvalue weighted by Gasteiger charge is -2.40. The number of carbonyl (C=O) groups is 1. The monoisotopic (exact) mass is 277 g/mol. The lowest BCUT2D eigenvalue weighted by atomic mass is 9.96. The van der Waals surface area contributed by atoms with Gasteiger partial charge in [0, 0.05) is 38.1 Å². The second-order valence-corrected chi connectivity index (χ2v) is 5.26. The van der Waals surface area contributed by atoms with Gasteiger partial charge in [-0.2, -0.15) is 0 Å². The van der Waals surface area contributed by atoms with Crippen LogP contribution < -0.4 is 10.2 Å². The molecule has 0 spiro atoms. The molecule has 1 amide bonds. The minimum absolute atomic E-state index is 0.00217. The van der Waals surface area contributed by atoms with E-state index in [1.165, 1.54) is 6.07 Å². The number of nitrogens with one attached hydrogen (secondary N) is 1. The van der Waals surface area contributed by atoms with Crippen LogP contribution in [0.4, 0.5) is 17.1 Å². The van der Waals surface area contributed by atoms with E-state index in [2.05, 4.69) is 5.32 Å². The Morgan fingerprint density at radius 2 is 2.15 bits per heavy atom. The van der Waals surface area contributed by atoms with Crippen molar-refractivity contribution in [2.24, 2.45) is 5.92 Å². The highest BCUT2D eigenvalue weighted by atomic mass is 16.6. The molecular weight excluding hydrogens is 262 g/mol. The fourth-order valence-electron chi connectivity index (χ4n) is 2.69. The molecule has 7 nitrogen and oxygen atoms in total. The van der Waals surface area contributed by atoms with Crippen molar-refractivity contribution in [3.63, 3.8) is 0 Å². The maximum Gasteiger partial charge on any atom is 0.294 e. The third-order valence-corrected chi connectivity index (χ3v) is 3.85. The Bertz CT molecular complexity index is 581. The predicted octanol–water partition coefficient (Wildman–Crippen LogP) is 0.908. The molecule has 2 N–H and O–H groups in total. The number of aliphatic hydroxyl groups excluding tert-OH is 1. The molecule has 7 heteroatoms. The van der Waals surface area contributed by atoms with E-state index in [1.807, 2.05) is 4.90 Å². The summed E-state index contributed by atoms with van der Waals surface area (Å²) in [4.78, 5) is 24.0. The number of fused-ring (bicyclic) bond motifs is 1. The van der Waals surface area contributed by atoms with Gasteiger partial charge in [0.1, 0.15) is 5.69 Å². The van der Waals surface area contributed by atoms with Gasteiger partial charge in [0.25, 0.3) is 5.69 Å². The molecule has 0 aliphatic carbocycles. The number of carbonyl (C=O) groups excluding carboxylic acids is 1. The zero-order chi connectivity index (χ0) is 14.3. The van der Waals surface area contributed by atoms with Crippen LogP contribution in [0.1, 0.15) is 12.0 Å². The summed E-state index contributed by atoms with van der Waals surface area (Å²) in [5, 5.41) is 22.9. The van der Waals surface area contributed by atoms with Gasteiger partial charge in [-0.15, -0.1) is 0 Å². The zero-order valence-corrected chi connectivity index (χ0v) is 10.8. The van der Waals surface area contributed by atoms with Crippen molar-refractivity contribution in [3.05, 3.63) is 27.8 Å². The highest BCUT2D eigenvalue weighted by molar-refractivity contribution is 5.95. The van der Waals surface area contributed by atoms with Gasteiger partial charge in [-0.05, 0) is 18.1 Å². The summed E-state index contributed by atoms with van der Waals surface area (Å²) in [6.07, 6.45) is 1.01. The van der Waals surface area contributed by atoms with Crippen molar-refractivity contribution in [1.82, 2.24) is 0 Å². The number of nitro benzene ring substituents is 1. The van der Waals surface area contributed by atoms with Crippen molar-refractivity contribution in [2.75, 3.05) is 29.9 Å². The highest BCUT2D eigenvalue weighted by Crippen LogP contribution is 2.38. The smallest absolute Gasteiger partial charge is 0.294 e. The van der Waals surface area contributed by atoms with Gasteiger partial charge >= 0.3 is 0 Å². The van der Waals surface area contributed by atoms with E-state index in [0.29, 0.717) is 37.3 Å². The Morgan fingerprint density at radius 3 is 2.80 bits per heavy atom. The summed E-state index contributed by atoms with van der Waals surface area (Å²) in [7, 11) is 0. The quantitative estimate of drug-likeness (QED) is 0.632. The number of rotatable bonds is 3. The molecular formula is C13H15N3O4. The molecule has 20 heavy (non-hydrogen) atoms. The number of nitrogens with zero attached hydrogens (tertiary/aromatic N) is 2. The second-order valence-electron chi connectivity index (χ2n) is 5.26. The number of anilines is 2. The first-order valence-corrected chi connectivity index (χ1v) is 6.55. The summed E-state index contributed by atoms with van der Waals surface area (Å²) >= 11 is 0. The molecule has 2 heterocycles. The van der Waals surface area contributed by atoms with Gasteiger partial charge in [0.15, 0.2) is 0 Å². The molecule has 0 radical (unpaired) electrons. The number of amides is 1. The molecule has 1 aromatic carbocycles. The largest absolute Gasteiger partial charge is 0.396 e. The maximum atomic E-state index is 11.4. The lowest BCUT2D eigenvalue weighted by Crippen LogP contribution is -2.48. The molecule has 0 atom stereocenters. The van der Waals surface area contributed by atoms with Gasteiger partial charge in [-0.3, -0.25) is 14.9 Å². The number of nitro groups is 1. The Labute approximate surface area is 115 Å². The molecule has 3 rings (SSSR count). The maximum absolute atomic E-state index is 11.4. The Morgan fingerprint density at radius 1 is 1.40 bits per heavy atom. The van der Waals surface area contributed by atoms with Crippen LogP contribution in [0.25, 0.3) is 0 Å². The van der Waals surface area contributed by atoms with Crippen molar-refractivity contribution < 1.29 is 14.8 Å². The summed E-state index contributed by atoms with van der Waals surface area (Å²) in [6, 6.07) is 3.23. The van der Waals surface area contributed by atoms with E-state index in [9.17, 15) is 14.9 Å². The Balaban J connectivity index is 1.96. The summed E-state index contributed by atoms with van der Waals surface area (Å²) in [6.45, 7) is 1.36. The molecule has 0 unspecified atom stereocenters. The average molecular weight is 277 g/mol. The molecule has 2 aliphatic rings. The van der Waals surface area contributed by atoms with E-state index in [0.717, 1.165) is 5.56 Å². The van der Waals surface area contributed by atoms with Crippen LogP contribution in [0.5, 0.6) is 0 Å². The molecule has 106 valence electrons. The van der Waals surface area contributed by atoms with Gasteiger partial charge in [0.05, 0.1) is 10.6 Å². The van der Waals surface area contributed by atoms with Crippen LogP contribution in [0.15, 0.2) is 12.1 Å². The van der Waals surface area contributed by atoms with Crippen molar-refractivity contribution in [1.29, 1.82) is 0 Å². The minimum Gasteiger partial charge on any atom is -0.396 e. The van der Waals surface area contributed by atoms with Crippen molar-refractivity contribution in [3.8, 4) is 0 Å². The zero-order valence-electron chi connectivity index (χ0n) is 10.8. The molecule has 2 aliphatic heterocycles. The Hall–Kier alpha value is -2.15. The normalized spacial score (nSPS) is 18.2. The third-order valence-electron chi connectivity index (χ3n) is 3.85.